The fourth-order valence-electron chi connectivity index (χ4n) is 2.79. The quantitative estimate of drug-likeness (QED) is 0.726. The molecular weight excluding hydrogens is 316 g/mol. The van der Waals surface area contributed by atoms with Gasteiger partial charge < -0.3 is 20.1 Å². The van der Waals surface area contributed by atoms with Gasteiger partial charge in [0.15, 0.2) is 0 Å². The van der Waals surface area contributed by atoms with Crippen LogP contribution >= 0.6 is 0 Å². The van der Waals surface area contributed by atoms with Gasteiger partial charge in [0.2, 0.25) is 5.91 Å². The van der Waals surface area contributed by atoms with Gasteiger partial charge in [-0.1, -0.05) is 30.3 Å². The molecule has 2 N–H and O–H groups in total. The van der Waals surface area contributed by atoms with E-state index in [1.54, 1.807) is 0 Å². The second-order valence-corrected chi connectivity index (χ2v) is 6.09. The lowest BCUT2D eigenvalue weighted by molar-refractivity contribution is -0.119. The molecule has 1 aliphatic heterocycles. The number of carbonyl (C=O) groups is 1. The lowest BCUT2D eigenvalue weighted by Crippen LogP contribution is -2.24. The molecule has 2 aromatic carbocycles. The van der Waals surface area contributed by atoms with Crippen LogP contribution in [0.15, 0.2) is 54.6 Å². The molecule has 0 saturated carbocycles. The van der Waals surface area contributed by atoms with Crippen molar-refractivity contribution in [1.29, 1.82) is 0 Å². The molecule has 1 atom stereocenters. The molecule has 0 radical (unpaired) electrons. The minimum absolute atomic E-state index is 0.0649. The van der Waals surface area contributed by atoms with E-state index in [0.29, 0.717) is 19.8 Å². The largest absolute Gasteiger partial charge is 0.491 e. The van der Waals surface area contributed by atoms with Crippen molar-refractivity contribution in [3.05, 3.63) is 60.2 Å². The zero-order valence-corrected chi connectivity index (χ0v) is 14.2. The van der Waals surface area contributed by atoms with Crippen LogP contribution in [0.1, 0.15) is 12.0 Å². The molecule has 1 saturated heterocycles. The molecule has 132 valence electrons. The van der Waals surface area contributed by atoms with E-state index in [2.05, 4.69) is 10.6 Å². The zero-order valence-electron chi connectivity index (χ0n) is 14.2. The Balaban J connectivity index is 1.40. The molecule has 1 fully saturated rings. The number of anilines is 1. The molecule has 0 spiro atoms. The molecule has 3 rings (SSSR count). The summed E-state index contributed by atoms with van der Waals surface area (Å²) in [6.07, 6.45) is 0.899. The molecule has 0 aromatic heterocycles. The first-order valence-corrected chi connectivity index (χ1v) is 8.67. The Hall–Kier alpha value is -2.37. The second-order valence-electron chi connectivity index (χ2n) is 6.09. The van der Waals surface area contributed by atoms with Gasteiger partial charge in [-0.15, -0.1) is 0 Å². The molecule has 5 nitrogen and oxygen atoms in total. The maximum absolute atomic E-state index is 12.2. The maximum atomic E-state index is 12.2. The third-order valence-corrected chi connectivity index (χ3v) is 4.13. The third-order valence-electron chi connectivity index (χ3n) is 4.13. The number of hydrogen-bond donors (Lipinski definition) is 2. The van der Waals surface area contributed by atoms with E-state index in [1.165, 1.54) is 0 Å². The van der Waals surface area contributed by atoms with Crippen LogP contribution in [0.3, 0.4) is 0 Å². The van der Waals surface area contributed by atoms with Crippen molar-refractivity contribution in [2.75, 3.05) is 31.6 Å². The topological polar surface area (TPSA) is 59.6 Å². The highest BCUT2D eigenvalue weighted by Crippen LogP contribution is 2.15. The number of benzene rings is 2. The number of carbonyl (C=O) groups excluding carboxylic acids is 1. The molecular formula is C20H24N2O3. The van der Waals surface area contributed by atoms with Crippen LogP contribution in [0.25, 0.3) is 0 Å². The Morgan fingerprint density at radius 2 is 2.00 bits per heavy atom. The number of nitrogens with one attached hydrogen (secondary N) is 2. The predicted molar refractivity (Wildman–Crippen MR) is 97.6 cm³/mol. The molecule has 1 heterocycles. The lowest BCUT2D eigenvalue weighted by atomic mass is 10.1. The summed E-state index contributed by atoms with van der Waals surface area (Å²) in [5.41, 5.74) is 1.85. The monoisotopic (exact) mass is 340 g/mol. The molecule has 5 heteroatoms. The van der Waals surface area contributed by atoms with Crippen molar-refractivity contribution in [2.45, 2.75) is 13.0 Å². The molecule has 25 heavy (non-hydrogen) atoms. The van der Waals surface area contributed by atoms with Crippen LogP contribution in [-0.2, 0) is 16.1 Å². The van der Waals surface area contributed by atoms with Crippen molar-refractivity contribution < 1.29 is 14.3 Å². The van der Waals surface area contributed by atoms with Gasteiger partial charge in [0.25, 0.3) is 0 Å². The Kier molecular flexibility index (Phi) is 6.42. The molecule has 0 bridgehead atoms. The van der Waals surface area contributed by atoms with Gasteiger partial charge in [-0.25, -0.2) is 0 Å². The van der Waals surface area contributed by atoms with E-state index in [4.69, 9.17) is 9.47 Å². The van der Waals surface area contributed by atoms with Crippen molar-refractivity contribution in [3.63, 3.8) is 0 Å². The van der Waals surface area contributed by atoms with Crippen LogP contribution in [0, 0.1) is 5.92 Å². The van der Waals surface area contributed by atoms with Gasteiger partial charge in [-0.05, 0) is 42.8 Å². The predicted octanol–water partition coefficient (Wildman–Crippen LogP) is 2.83. The Bertz CT molecular complexity index is 670. The smallest absolute Gasteiger partial charge is 0.228 e. The molecule has 1 amide bonds. The second kappa shape index (κ2) is 9.20. The summed E-state index contributed by atoms with van der Waals surface area (Å²) in [6, 6.07) is 17.5. The molecule has 2 aromatic rings. The Morgan fingerprint density at radius 1 is 1.12 bits per heavy atom. The summed E-state index contributed by atoms with van der Waals surface area (Å²) in [6.45, 7) is 3.19. The van der Waals surface area contributed by atoms with Crippen molar-refractivity contribution in [3.8, 4) is 5.75 Å². The first-order valence-electron chi connectivity index (χ1n) is 8.67. The van der Waals surface area contributed by atoms with Gasteiger partial charge in [0, 0.05) is 12.2 Å². The fourth-order valence-corrected chi connectivity index (χ4v) is 2.79. The van der Waals surface area contributed by atoms with Crippen LogP contribution in [0.4, 0.5) is 5.69 Å². The summed E-state index contributed by atoms with van der Waals surface area (Å²) < 4.78 is 11.2. The first-order chi connectivity index (χ1) is 12.3. The van der Waals surface area contributed by atoms with Gasteiger partial charge in [0.1, 0.15) is 12.4 Å². The van der Waals surface area contributed by atoms with Crippen LogP contribution in [0.2, 0.25) is 0 Å². The minimum Gasteiger partial charge on any atom is -0.491 e. The van der Waals surface area contributed by atoms with E-state index in [1.807, 2.05) is 54.6 Å². The lowest BCUT2D eigenvalue weighted by Gasteiger charge is -2.11. The van der Waals surface area contributed by atoms with Crippen LogP contribution < -0.4 is 15.4 Å². The van der Waals surface area contributed by atoms with Gasteiger partial charge in [0.05, 0.1) is 19.1 Å². The highest BCUT2D eigenvalue weighted by atomic mass is 16.5. The number of amides is 1. The van der Waals surface area contributed by atoms with Crippen molar-refractivity contribution in [2.24, 2.45) is 5.92 Å². The highest BCUT2D eigenvalue weighted by molar-refractivity contribution is 5.92. The van der Waals surface area contributed by atoms with Gasteiger partial charge in [-0.3, -0.25) is 4.79 Å². The SMILES string of the molecule is O=C(Nc1cccc(COCCOc2ccccc2)c1)C1CCNC1. The van der Waals surface area contributed by atoms with Gasteiger partial charge in [-0.2, -0.15) is 0 Å². The zero-order chi connectivity index (χ0) is 17.3. The molecule has 1 aliphatic rings. The third kappa shape index (κ3) is 5.59. The Labute approximate surface area is 148 Å². The van der Waals surface area contributed by atoms with E-state index < -0.39 is 0 Å². The van der Waals surface area contributed by atoms with Crippen molar-refractivity contribution >= 4 is 11.6 Å². The average Bonchev–Trinajstić information content (AvgIpc) is 3.17. The number of hydrogen-bond acceptors (Lipinski definition) is 4. The first kappa shape index (κ1) is 17.5. The fraction of sp³-hybridized carbons (Fsp3) is 0.350. The molecule has 0 aliphatic carbocycles. The maximum Gasteiger partial charge on any atom is 0.228 e. The summed E-state index contributed by atoms with van der Waals surface area (Å²) in [5, 5.41) is 6.20. The van der Waals surface area contributed by atoms with Crippen molar-refractivity contribution in [1.82, 2.24) is 5.32 Å². The van der Waals surface area contributed by atoms with E-state index in [0.717, 1.165) is 36.5 Å². The normalized spacial score (nSPS) is 16.6. The molecule has 1 unspecified atom stereocenters. The summed E-state index contributed by atoms with van der Waals surface area (Å²) in [4.78, 5) is 12.2. The van der Waals surface area contributed by atoms with Crippen LogP contribution in [0.5, 0.6) is 5.75 Å². The van der Waals surface area contributed by atoms with E-state index in [-0.39, 0.29) is 11.8 Å². The van der Waals surface area contributed by atoms with E-state index in [9.17, 15) is 4.79 Å². The Morgan fingerprint density at radius 3 is 2.80 bits per heavy atom. The highest BCUT2D eigenvalue weighted by Gasteiger charge is 2.22. The van der Waals surface area contributed by atoms with E-state index >= 15 is 0 Å². The van der Waals surface area contributed by atoms with Crippen LogP contribution in [-0.4, -0.2) is 32.2 Å². The summed E-state index contributed by atoms with van der Waals surface area (Å²) in [5.74, 6) is 0.992. The minimum atomic E-state index is 0.0649. The average molecular weight is 340 g/mol. The number of para-hydroxylation sites is 1. The van der Waals surface area contributed by atoms with Gasteiger partial charge >= 0.3 is 0 Å². The number of rotatable bonds is 8. The standard InChI is InChI=1S/C20H24N2O3/c23-20(17-9-10-21-14-17)22-18-6-4-5-16(13-18)15-24-11-12-25-19-7-2-1-3-8-19/h1-8,13,17,21H,9-12,14-15H2,(H,22,23). The number of ether oxygens (including phenoxy) is 2. The summed E-state index contributed by atoms with van der Waals surface area (Å²) >= 11 is 0. The summed E-state index contributed by atoms with van der Waals surface area (Å²) in [7, 11) is 0.